The van der Waals surface area contributed by atoms with Crippen LogP contribution in [0.15, 0.2) is 48.5 Å². The molecule has 0 saturated heterocycles. The van der Waals surface area contributed by atoms with Gasteiger partial charge >= 0.3 is 12.1 Å². The lowest BCUT2D eigenvalue weighted by Crippen LogP contribution is -2.13. The number of hydrogen-bond donors (Lipinski definition) is 1. The van der Waals surface area contributed by atoms with Gasteiger partial charge < -0.3 is 14.8 Å². The quantitative estimate of drug-likeness (QED) is 0.135. The van der Waals surface area contributed by atoms with Crippen LogP contribution in [-0.4, -0.2) is 25.8 Å². The zero-order chi connectivity index (χ0) is 27.5. The van der Waals surface area contributed by atoms with Crippen LogP contribution in [0.3, 0.4) is 0 Å². The maximum absolute atomic E-state index is 13.0. The number of ether oxygens (including phenoxy) is 2. The number of carbonyl (C=O) groups excluding carboxylic acids is 1. The molecule has 2 aromatic carbocycles. The largest absolute Gasteiger partial charge is 0.460 e. The maximum atomic E-state index is 13.0. The molecule has 38 heavy (non-hydrogen) atoms. The van der Waals surface area contributed by atoms with E-state index in [2.05, 4.69) is 12.2 Å². The monoisotopic (exact) mass is 535 g/mol. The number of hydrogen-bond acceptors (Lipinski definition) is 4. The molecule has 0 saturated carbocycles. The van der Waals surface area contributed by atoms with Crippen LogP contribution < -0.4 is 5.32 Å². The molecular weight excluding hydrogens is 491 g/mol. The number of esters is 1. The van der Waals surface area contributed by atoms with E-state index < -0.39 is 17.7 Å². The zero-order valence-electron chi connectivity index (χ0n) is 22.8. The smallest absolute Gasteiger partial charge is 0.416 e. The van der Waals surface area contributed by atoms with Crippen molar-refractivity contribution in [2.24, 2.45) is 0 Å². The highest BCUT2D eigenvalue weighted by Gasteiger charge is 2.30. The summed E-state index contributed by atoms with van der Waals surface area (Å²) in [6.45, 7) is 3.33. The number of anilines is 2. The number of rotatable bonds is 20. The Morgan fingerprint density at radius 2 is 1.34 bits per heavy atom. The molecule has 0 spiro atoms. The summed E-state index contributed by atoms with van der Waals surface area (Å²) >= 11 is 0. The van der Waals surface area contributed by atoms with Crippen LogP contribution in [0.2, 0.25) is 0 Å². The van der Waals surface area contributed by atoms with Crippen molar-refractivity contribution in [2.75, 3.05) is 25.1 Å². The minimum atomic E-state index is -4.44. The van der Waals surface area contributed by atoms with Crippen molar-refractivity contribution < 1.29 is 27.4 Å². The number of halogens is 3. The second-order valence-corrected chi connectivity index (χ2v) is 9.74. The van der Waals surface area contributed by atoms with Crippen LogP contribution in [-0.2, 0) is 15.7 Å². The highest BCUT2D eigenvalue weighted by atomic mass is 19.4. The Balaban J connectivity index is 1.55. The third-order valence-electron chi connectivity index (χ3n) is 6.47. The molecule has 7 heteroatoms. The van der Waals surface area contributed by atoms with Crippen molar-refractivity contribution in [3.05, 3.63) is 59.7 Å². The van der Waals surface area contributed by atoms with Crippen molar-refractivity contribution in [2.45, 2.75) is 96.6 Å². The zero-order valence-corrected chi connectivity index (χ0v) is 22.8. The number of benzene rings is 2. The maximum Gasteiger partial charge on any atom is 0.416 e. The average molecular weight is 536 g/mol. The third kappa shape index (κ3) is 13.3. The first-order chi connectivity index (χ1) is 18.4. The summed E-state index contributed by atoms with van der Waals surface area (Å²) in [5.41, 5.74) is 0.107. The van der Waals surface area contributed by atoms with Crippen molar-refractivity contribution in [3.8, 4) is 0 Å². The van der Waals surface area contributed by atoms with E-state index >= 15 is 0 Å². The fourth-order valence-corrected chi connectivity index (χ4v) is 4.29. The van der Waals surface area contributed by atoms with E-state index in [1.54, 1.807) is 24.3 Å². The Hall–Kier alpha value is -2.54. The van der Waals surface area contributed by atoms with Gasteiger partial charge in [-0.15, -0.1) is 0 Å². The molecule has 0 unspecified atom stereocenters. The van der Waals surface area contributed by atoms with Crippen LogP contribution in [0.25, 0.3) is 0 Å². The van der Waals surface area contributed by atoms with Gasteiger partial charge in [0.2, 0.25) is 0 Å². The standard InChI is InChI=1S/C31H44F3NO3/c1-2-3-4-5-6-7-8-9-10-11-12-13-16-22-37-23-24-38-30(36)28-20-14-15-21-29(28)35-27-19-17-18-26(25-27)31(32,33)34/h14-15,17-21,25,35H,2-13,16,22-24H2,1H3. The van der Waals surface area contributed by atoms with E-state index in [4.69, 9.17) is 9.47 Å². The van der Waals surface area contributed by atoms with E-state index in [1.807, 2.05) is 0 Å². The molecule has 4 nitrogen and oxygen atoms in total. The lowest BCUT2D eigenvalue weighted by Gasteiger charge is -2.13. The van der Waals surface area contributed by atoms with Gasteiger partial charge in [-0.1, -0.05) is 102 Å². The Kier molecular flexibility index (Phi) is 15.6. The Bertz CT molecular complexity index is 917. The molecule has 0 aliphatic carbocycles. The summed E-state index contributed by atoms with van der Waals surface area (Å²) in [4.78, 5) is 12.5. The second-order valence-electron chi connectivity index (χ2n) is 9.74. The first-order valence-electron chi connectivity index (χ1n) is 14.2. The molecule has 0 fully saturated rings. The Morgan fingerprint density at radius 1 is 0.737 bits per heavy atom. The number of unbranched alkanes of at least 4 members (excludes halogenated alkanes) is 12. The van der Waals surface area contributed by atoms with Gasteiger partial charge in [0.05, 0.1) is 23.4 Å². The molecule has 0 amide bonds. The number of para-hydroxylation sites is 1. The molecule has 2 aromatic rings. The third-order valence-corrected chi connectivity index (χ3v) is 6.47. The molecule has 0 heterocycles. The van der Waals surface area contributed by atoms with E-state index in [0.717, 1.165) is 25.0 Å². The van der Waals surface area contributed by atoms with E-state index in [9.17, 15) is 18.0 Å². The summed E-state index contributed by atoms with van der Waals surface area (Å²) in [6, 6.07) is 11.4. The molecule has 2 rings (SSSR count). The topological polar surface area (TPSA) is 47.6 Å². The van der Waals surface area contributed by atoms with Gasteiger partial charge in [0.15, 0.2) is 0 Å². The fraction of sp³-hybridized carbons (Fsp3) is 0.581. The molecule has 1 N–H and O–H groups in total. The summed E-state index contributed by atoms with van der Waals surface area (Å²) in [6.07, 6.45) is 12.4. The van der Waals surface area contributed by atoms with E-state index in [-0.39, 0.29) is 17.9 Å². The summed E-state index contributed by atoms with van der Waals surface area (Å²) in [5.74, 6) is -0.551. The first-order valence-corrected chi connectivity index (χ1v) is 14.2. The van der Waals surface area contributed by atoms with Gasteiger partial charge in [0, 0.05) is 12.3 Å². The molecule has 0 aromatic heterocycles. The van der Waals surface area contributed by atoms with Crippen LogP contribution in [0, 0.1) is 0 Å². The lowest BCUT2D eigenvalue weighted by atomic mass is 10.0. The predicted molar refractivity (Wildman–Crippen MR) is 148 cm³/mol. The molecule has 0 aliphatic rings. The normalized spacial score (nSPS) is 11.5. The fourth-order valence-electron chi connectivity index (χ4n) is 4.29. The minimum absolute atomic E-state index is 0.120. The second kappa shape index (κ2) is 18.7. The Labute approximate surface area is 226 Å². The van der Waals surface area contributed by atoms with Crippen LogP contribution in [0.5, 0.6) is 0 Å². The summed E-state index contributed by atoms with van der Waals surface area (Å²) in [5, 5.41) is 2.89. The predicted octanol–water partition coefficient (Wildman–Crippen LogP) is 9.71. The van der Waals surface area contributed by atoms with E-state index in [0.29, 0.717) is 18.9 Å². The highest BCUT2D eigenvalue weighted by Crippen LogP contribution is 2.32. The Morgan fingerprint density at radius 3 is 1.97 bits per heavy atom. The summed E-state index contributed by atoms with van der Waals surface area (Å²) < 4.78 is 49.9. The molecule has 0 aliphatic heterocycles. The number of alkyl halides is 3. The molecular formula is C31H44F3NO3. The van der Waals surface area contributed by atoms with Gasteiger partial charge in [-0.05, 0) is 36.8 Å². The van der Waals surface area contributed by atoms with Crippen LogP contribution in [0.1, 0.15) is 106 Å². The van der Waals surface area contributed by atoms with Gasteiger partial charge in [-0.3, -0.25) is 0 Å². The van der Waals surface area contributed by atoms with Crippen molar-refractivity contribution >= 4 is 17.3 Å². The highest BCUT2D eigenvalue weighted by molar-refractivity contribution is 5.96. The average Bonchev–Trinajstić information content (AvgIpc) is 2.90. The van der Waals surface area contributed by atoms with Crippen molar-refractivity contribution in [1.29, 1.82) is 0 Å². The number of nitrogens with one attached hydrogen (secondary N) is 1. The SMILES string of the molecule is CCCCCCCCCCCCCCCOCCOC(=O)c1ccccc1Nc1cccc(C(F)(F)F)c1. The van der Waals surface area contributed by atoms with Crippen LogP contribution >= 0.6 is 0 Å². The van der Waals surface area contributed by atoms with Gasteiger partial charge in [-0.25, -0.2) is 4.79 Å². The van der Waals surface area contributed by atoms with Crippen molar-refractivity contribution in [3.63, 3.8) is 0 Å². The lowest BCUT2D eigenvalue weighted by molar-refractivity contribution is -0.137. The molecule has 0 bridgehead atoms. The molecule has 212 valence electrons. The number of carbonyl (C=O) groups is 1. The van der Waals surface area contributed by atoms with Crippen LogP contribution in [0.4, 0.5) is 24.5 Å². The van der Waals surface area contributed by atoms with E-state index in [1.165, 1.54) is 82.8 Å². The van der Waals surface area contributed by atoms with Gasteiger partial charge in [0.25, 0.3) is 0 Å². The first kappa shape index (κ1) is 31.7. The molecule has 0 atom stereocenters. The minimum Gasteiger partial charge on any atom is -0.460 e. The summed E-state index contributed by atoms with van der Waals surface area (Å²) in [7, 11) is 0. The molecule has 0 radical (unpaired) electrons. The van der Waals surface area contributed by atoms with Crippen molar-refractivity contribution in [1.82, 2.24) is 0 Å². The van der Waals surface area contributed by atoms with Gasteiger partial charge in [0.1, 0.15) is 6.61 Å². The van der Waals surface area contributed by atoms with Gasteiger partial charge in [-0.2, -0.15) is 13.2 Å².